The molecule has 1 saturated heterocycles. The summed E-state index contributed by atoms with van der Waals surface area (Å²) < 4.78 is 7.33. The van der Waals surface area contributed by atoms with Crippen molar-refractivity contribution in [3.05, 3.63) is 35.5 Å². The molecule has 1 N–H and O–H groups in total. The standard InChI is InChI=1S/C22H28N2O3/c1-3-21-11-7-12-23-13-10-16-15-8-5-6-9-17(15)24(18(16)19(21)23)22(26,14-21)20(25)27-4-2/h5-6,8-9,19,26H,3-4,7,10-14H2,1-2H3. The number of ether oxygens (including phenoxy) is 1. The molecule has 0 saturated carbocycles. The zero-order valence-corrected chi connectivity index (χ0v) is 16.2. The number of piperidine rings is 1. The minimum atomic E-state index is -1.63. The van der Waals surface area contributed by atoms with Gasteiger partial charge in [0.05, 0.1) is 18.2 Å². The zero-order chi connectivity index (χ0) is 18.8. The van der Waals surface area contributed by atoms with E-state index in [4.69, 9.17) is 4.74 Å². The van der Waals surface area contributed by atoms with Crippen molar-refractivity contribution >= 4 is 16.9 Å². The molecule has 144 valence electrons. The molecule has 3 atom stereocenters. The molecule has 1 fully saturated rings. The number of carbonyl (C=O) groups is 1. The average molecular weight is 368 g/mol. The lowest BCUT2D eigenvalue weighted by molar-refractivity contribution is -0.196. The van der Waals surface area contributed by atoms with Crippen LogP contribution in [0.5, 0.6) is 0 Å². The molecule has 4 heterocycles. The minimum absolute atomic E-state index is 0.0840. The van der Waals surface area contributed by atoms with Crippen molar-refractivity contribution in [2.24, 2.45) is 5.41 Å². The molecule has 3 aliphatic rings. The van der Waals surface area contributed by atoms with Gasteiger partial charge in [-0.05, 0) is 56.2 Å². The predicted octanol–water partition coefficient (Wildman–Crippen LogP) is 3.34. The Balaban J connectivity index is 1.86. The molecule has 2 aromatic rings. The van der Waals surface area contributed by atoms with Crippen LogP contribution in [0.2, 0.25) is 0 Å². The van der Waals surface area contributed by atoms with E-state index in [-0.39, 0.29) is 18.1 Å². The molecule has 5 rings (SSSR count). The largest absolute Gasteiger partial charge is 0.462 e. The van der Waals surface area contributed by atoms with Crippen molar-refractivity contribution < 1.29 is 14.6 Å². The average Bonchev–Trinajstić information content (AvgIpc) is 3.03. The van der Waals surface area contributed by atoms with Gasteiger partial charge in [0.15, 0.2) is 0 Å². The second kappa shape index (κ2) is 5.82. The minimum Gasteiger partial charge on any atom is -0.462 e. The van der Waals surface area contributed by atoms with Crippen LogP contribution in [-0.4, -0.2) is 40.2 Å². The number of aliphatic hydroxyl groups is 1. The molecule has 5 nitrogen and oxygen atoms in total. The van der Waals surface area contributed by atoms with E-state index in [0.29, 0.717) is 6.42 Å². The Kier molecular flexibility index (Phi) is 3.72. The number of aromatic nitrogens is 1. The van der Waals surface area contributed by atoms with Crippen LogP contribution in [0.15, 0.2) is 24.3 Å². The summed E-state index contributed by atoms with van der Waals surface area (Å²) in [7, 11) is 0. The van der Waals surface area contributed by atoms with E-state index >= 15 is 0 Å². The number of hydrogen-bond acceptors (Lipinski definition) is 4. The summed E-state index contributed by atoms with van der Waals surface area (Å²) >= 11 is 0. The lowest BCUT2D eigenvalue weighted by Crippen LogP contribution is -2.60. The van der Waals surface area contributed by atoms with Gasteiger partial charge >= 0.3 is 5.97 Å². The van der Waals surface area contributed by atoms with Gasteiger partial charge in [-0.25, -0.2) is 4.79 Å². The number of nitrogens with zero attached hydrogens (tertiary/aromatic N) is 2. The van der Waals surface area contributed by atoms with Crippen LogP contribution in [0.25, 0.3) is 10.9 Å². The van der Waals surface area contributed by atoms with Gasteiger partial charge in [-0.1, -0.05) is 25.1 Å². The normalized spacial score (nSPS) is 32.3. The van der Waals surface area contributed by atoms with E-state index in [9.17, 15) is 9.90 Å². The Labute approximate surface area is 159 Å². The molecule has 27 heavy (non-hydrogen) atoms. The number of hydrogen-bond donors (Lipinski definition) is 1. The lowest BCUT2D eigenvalue weighted by Gasteiger charge is -2.57. The summed E-state index contributed by atoms with van der Waals surface area (Å²) in [6.45, 7) is 6.45. The zero-order valence-electron chi connectivity index (χ0n) is 16.2. The van der Waals surface area contributed by atoms with E-state index in [0.717, 1.165) is 50.0 Å². The van der Waals surface area contributed by atoms with Gasteiger partial charge < -0.3 is 14.4 Å². The van der Waals surface area contributed by atoms with Crippen molar-refractivity contribution in [2.45, 2.75) is 57.7 Å². The number of esters is 1. The Morgan fingerprint density at radius 2 is 2.11 bits per heavy atom. The third-order valence-corrected chi connectivity index (χ3v) is 7.27. The first-order chi connectivity index (χ1) is 13.1. The molecule has 0 spiro atoms. The molecule has 3 aliphatic heterocycles. The van der Waals surface area contributed by atoms with E-state index in [2.05, 4.69) is 24.0 Å². The SMILES string of the molecule is CCOC(=O)C1(O)CC2(CC)CCCN3CCc4c(n1c1ccccc41)C32. The highest BCUT2D eigenvalue weighted by atomic mass is 16.6. The number of para-hydroxylation sites is 1. The summed E-state index contributed by atoms with van der Waals surface area (Å²) in [6, 6.07) is 8.48. The fourth-order valence-corrected chi connectivity index (χ4v) is 6.18. The molecule has 0 aliphatic carbocycles. The molecule has 0 bridgehead atoms. The Hall–Kier alpha value is -1.85. The van der Waals surface area contributed by atoms with Crippen molar-refractivity contribution in [2.75, 3.05) is 19.7 Å². The quantitative estimate of drug-likeness (QED) is 0.845. The first-order valence-electron chi connectivity index (χ1n) is 10.3. The first kappa shape index (κ1) is 17.3. The molecule has 3 unspecified atom stereocenters. The Morgan fingerprint density at radius 1 is 1.30 bits per heavy atom. The van der Waals surface area contributed by atoms with Crippen LogP contribution in [0.3, 0.4) is 0 Å². The van der Waals surface area contributed by atoms with Crippen LogP contribution in [0.4, 0.5) is 0 Å². The highest BCUT2D eigenvalue weighted by molar-refractivity contribution is 5.90. The maximum atomic E-state index is 13.1. The predicted molar refractivity (Wildman–Crippen MR) is 103 cm³/mol. The Bertz CT molecular complexity index is 920. The second-order valence-corrected chi connectivity index (χ2v) is 8.44. The number of carbonyl (C=O) groups excluding carboxylic acids is 1. The molecule has 1 aromatic heterocycles. The van der Waals surface area contributed by atoms with Gasteiger partial charge in [0, 0.05) is 24.0 Å². The molecular formula is C22H28N2O3. The summed E-state index contributed by atoms with van der Waals surface area (Å²) in [5.74, 6) is -0.512. The monoisotopic (exact) mass is 368 g/mol. The van der Waals surface area contributed by atoms with Gasteiger partial charge in [0.2, 0.25) is 5.72 Å². The fraction of sp³-hybridized carbons (Fsp3) is 0.591. The number of rotatable bonds is 3. The van der Waals surface area contributed by atoms with Gasteiger partial charge in [-0.3, -0.25) is 4.90 Å². The van der Waals surface area contributed by atoms with Gasteiger partial charge in [-0.2, -0.15) is 0 Å². The van der Waals surface area contributed by atoms with Crippen molar-refractivity contribution in [1.29, 1.82) is 0 Å². The summed E-state index contributed by atoms with van der Waals surface area (Å²) in [6.07, 6.45) is 4.53. The number of benzene rings is 1. The molecule has 0 amide bonds. The topological polar surface area (TPSA) is 54.7 Å². The summed E-state index contributed by atoms with van der Waals surface area (Å²) in [5.41, 5.74) is 1.71. The molecule has 5 heteroatoms. The highest BCUT2D eigenvalue weighted by Crippen LogP contribution is 2.60. The van der Waals surface area contributed by atoms with E-state index in [1.54, 1.807) is 6.92 Å². The number of fused-ring (bicyclic) bond motifs is 3. The Morgan fingerprint density at radius 3 is 2.89 bits per heavy atom. The van der Waals surface area contributed by atoms with Crippen molar-refractivity contribution in [1.82, 2.24) is 9.47 Å². The highest BCUT2D eigenvalue weighted by Gasteiger charge is 2.60. The van der Waals surface area contributed by atoms with Crippen LogP contribution >= 0.6 is 0 Å². The maximum Gasteiger partial charge on any atom is 0.360 e. The van der Waals surface area contributed by atoms with Gasteiger partial charge in [-0.15, -0.1) is 0 Å². The third kappa shape index (κ3) is 2.10. The lowest BCUT2D eigenvalue weighted by atomic mass is 9.62. The summed E-state index contributed by atoms with van der Waals surface area (Å²) in [4.78, 5) is 15.7. The van der Waals surface area contributed by atoms with Crippen LogP contribution in [0.1, 0.15) is 56.8 Å². The first-order valence-corrected chi connectivity index (χ1v) is 10.3. The van der Waals surface area contributed by atoms with E-state index in [1.807, 2.05) is 16.7 Å². The van der Waals surface area contributed by atoms with Crippen molar-refractivity contribution in [3.8, 4) is 0 Å². The molecular weight excluding hydrogens is 340 g/mol. The van der Waals surface area contributed by atoms with Crippen LogP contribution in [-0.2, 0) is 21.7 Å². The summed E-state index contributed by atoms with van der Waals surface area (Å²) in [5, 5.41) is 13.0. The third-order valence-electron chi connectivity index (χ3n) is 7.27. The van der Waals surface area contributed by atoms with E-state index in [1.165, 1.54) is 10.9 Å². The van der Waals surface area contributed by atoms with Crippen molar-refractivity contribution in [3.63, 3.8) is 0 Å². The molecule has 1 aromatic carbocycles. The van der Waals surface area contributed by atoms with Gasteiger partial charge in [0.25, 0.3) is 0 Å². The van der Waals surface area contributed by atoms with Crippen LogP contribution in [0, 0.1) is 5.41 Å². The smallest absolute Gasteiger partial charge is 0.360 e. The second-order valence-electron chi connectivity index (χ2n) is 8.44. The maximum absolute atomic E-state index is 13.1. The van der Waals surface area contributed by atoms with E-state index < -0.39 is 11.7 Å². The van der Waals surface area contributed by atoms with Crippen LogP contribution < -0.4 is 0 Å². The fourth-order valence-electron chi connectivity index (χ4n) is 6.18. The van der Waals surface area contributed by atoms with Gasteiger partial charge in [0.1, 0.15) is 0 Å². The molecule has 0 radical (unpaired) electrons.